The molecule has 1 amide bonds. The van der Waals surface area contributed by atoms with Gasteiger partial charge in [0.1, 0.15) is 5.82 Å². The van der Waals surface area contributed by atoms with Crippen LogP contribution in [0.15, 0.2) is 71.8 Å². The van der Waals surface area contributed by atoms with E-state index >= 15 is 0 Å². The van der Waals surface area contributed by atoms with Crippen LogP contribution in [0.3, 0.4) is 0 Å². The van der Waals surface area contributed by atoms with Crippen LogP contribution in [-0.2, 0) is 0 Å². The van der Waals surface area contributed by atoms with Crippen LogP contribution < -0.4 is 14.9 Å². The lowest BCUT2D eigenvalue weighted by Crippen LogP contribution is -2.17. The largest absolute Gasteiger partial charge is 0.493 e. The normalized spacial score (nSPS) is 11.1. The monoisotopic (exact) mass is 428 g/mol. The highest BCUT2D eigenvalue weighted by atomic mass is 16.5. The summed E-state index contributed by atoms with van der Waals surface area (Å²) < 4.78 is 11.0. The molecule has 4 rings (SSSR count). The number of fused-ring (bicyclic) bond motifs is 1. The predicted octanol–water partition coefficient (Wildman–Crippen LogP) is 4.79. The van der Waals surface area contributed by atoms with Crippen LogP contribution in [0.5, 0.6) is 11.5 Å². The molecule has 0 spiro atoms. The van der Waals surface area contributed by atoms with Gasteiger partial charge in [-0.2, -0.15) is 5.10 Å². The van der Waals surface area contributed by atoms with E-state index in [-0.39, 0.29) is 5.91 Å². The Labute approximate surface area is 186 Å². The molecule has 0 fully saturated rings. The molecule has 0 aliphatic carbocycles. The summed E-state index contributed by atoms with van der Waals surface area (Å²) in [6.45, 7) is 2.63. The maximum absolute atomic E-state index is 12.6. The molecule has 7 nitrogen and oxygen atoms in total. The average molecular weight is 428 g/mol. The number of aromatic amines is 1. The first kappa shape index (κ1) is 21.1. The van der Waals surface area contributed by atoms with Gasteiger partial charge >= 0.3 is 0 Å². The molecule has 0 radical (unpaired) electrons. The summed E-state index contributed by atoms with van der Waals surface area (Å²) >= 11 is 0. The van der Waals surface area contributed by atoms with Crippen molar-refractivity contribution in [3.05, 3.63) is 77.9 Å². The lowest BCUT2D eigenvalue weighted by atomic mass is 10.2. The van der Waals surface area contributed by atoms with Gasteiger partial charge in [0.15, 0.2) is 11.5 Å². The Balaban J connectivity index is 1.46. The third-order valence-corrected chi connectivity index (χ3v) is 4.82. The molecule has 0 bridgehead atoms. The van der Waals surface area contributed by atoms with E-state index in [1.807, 2.05) is 61.5 Å². The second-order valence-electron chi connectivity index (χ2n) is 7.14. The summed E-state index contributed by atoms with van der Waals surface area (Å²) in [7, 11) is 1.60. The Morgan fingerprint density at radius 3 is 2.72 bits per heavy atom. The van der Waals surface area contributed by atoms with Crippen LogP contribution >= 0.6 is 0 Å². The van der Waals surface area contributed by atoms with Gasteiger partial charge in [0.05, 0.1) is 31.0 Å². The van der Waals surface area contributed by atoms with Crippen molar-refractivity contribution in [1.82, 2.24) is 15.4 Å². The van der Waals surface area contributed by atoms with Gasteiger partial charge in [-0.25, -0.2) is 10.4 Å². The Kier molecular flexibility index (Phi) is 6.46. The topological polar surface area (TPSA) is 88.6 Å². The number of hydrogen-bond donors (Lipinski definition) is 2. The highest BCUT2D eigenvalue weighted by Gasteiger charge is 2.10. The van der Waals surface area contributed by atoms with Crippen molar-refractivity contribution in [3.8, 4) is 22.9 Å². The van der Waals surface area contributed by atoms with Crippen LogP contribution in [0.4, 0.5) is 0 Å². The molecule has 7 heteroatoms. The average Bonchev–Trinajstić information content (AvgIpc) is 3.27. The zero-order valence-corrected chi connectivity index (χ0v) is 18.0. The van der Waals surface area contributed by atoms with Gasteiger partial charge in [-0.05, 0) is 48.4 Å². The van der Waals surface area contributed by atoms with E-state index in [0.717, 1.165) is 34.4 Å². The Bertz CT molecular complexity index is 1250. The maximum Gasteiger partial charge on any atom is 0.271 e. The standard InChI is InChI=1S/C25H24N4O3/c1-3-13-32-23-14-17(9-12-22(23)31-2)16-26-29-25(30)19-10-11-20-21(15-19)28-24(27-20)18-7-5-4-6-8-18/h4-12,14-16H,3,13H2,1-2H3,(H,27,28)(H,29,30)/b26-16+. The van der Waals surface area contributed by atoms with Crippen LogP contribution in [0.25, 0.3) is 22.4 Å². The summed E-state index contributed by atoms with van der Waals surface area (Å²) in [5.41, 5.74) is 6.40. The molecule has 1 aromatic heterocycles. The second kappa shape index (κ2) is 9.78. The minimum Gasteiger partial charge on any atom is -0.493 e. The van der Waals surface area contributed by atoms with Gasteiger partial charge in [0.25, 0.3) is 5.91 Å². The van der Waals surface area contributed by atoms with E-state index in [0.29, 0.717) is 23.7 Å². The summed E-state index contributed by atoms with van der Waals surface area (Å²) in [5, 5.41) is 4.08. The number of hydrazone groups is 1. The van der Waals surface area contributed by atoms with Crippen molar-refractivity contribution in [1.29, 1.82) is 0 Å². The number of methoxy groups -OCH3 is 1. The fourth-order valence-electron chi connectivity index (χ4n) is 3.21. The van der Waals surface area contributed by atoms with E-state index in [2.05, 4.69) is 20.5 Å². The first-order chi connectivity index (χ1) is 15.7. The van der Waals surface area contributed by atoms with Gasteiger partial charge in [0.2, 0.25) is 0 Å². The number of benzene rings is 3. The molecule has 0 saturated heterocycles. The number of H-pyrrole nitrogens is 1. The van der Waals surface area contributed by atoms with Crippen molar-refractivity contribution >= 4 is 23.2 Å². The van der Waals surface area contributed by atoms with E-state index in [4.69, 9.17) is 9.47 Å². The highest BCUT2D eigenvalue weighted by molar-refractivity contribution is 5.98. The molecule has 4 aromatic rings. The number of carbonyl (C=O) groups excluding carboxylic acids is 1. The Hall–Kier alpha value is -4.13. The fraction of sp³-hybridized carbons (Fsp3) is 0.160. The number of amides is 1. The third-order valence-electron chi connectivity index (χ3n) is 4.82. The molecule has 32 heavy (non-hydrogen) atoms. The lowest BCUT2D eigenvalue weighted by molar-refractivity contribution is 0.0955. The summed E-state index contributed by atoms with van der Waals surface area (Å²) in [6.07, 6.45) is 2.46. The van der Waals surface area contributed by atoms with E-state index in [9.17, 15) is 4.79 Å². The minimum absolute atomic E-state index is 0.310. The van der Waals surface area contributed by atoms with E-state index in [1.54, 1.807) is 25.5 Å². The number of carbonyl (C=O) groups is 1. The number of nitrogens with zero attached hydrogens (tertiary/aromatic N) is 2. The molecule has 3 aromatic carbocycles. The number of aromatic nitrogens is 2. The van der Waals surface area contributed by atoms with Gasteiger partial charge in [-0.15, -0.1) is 0 Å². The molecule has 0 unspecified atom stereocenters. The van der Waals surface area contributed by atoms with Gasteiger partial charge in [-0.3, -0.25) is 4.79 Å². The Morgan fingerprint density at radius 2 is 1.94 bits per heavy atom. The van der Waals surface area contributed by atoms with Gasteiger partial charge in [0, 0.05) is 11.1 Å². The van der Waals surface area contributed by atoms with Crippen molar-refractivity contribution in [2.45, 2.75) is 13.3 Å². The number of nitrogens with one attached hydrogen (secondary N) is 2. The van der Waals surface area contributed by atoms with Crippen molar-refractivity contribution in [3.63, 3.8) is 0 Å². The van der Waals surface area contributed by atoms with Crippen molar-refractivity contribution < 1.29 is 14.3 Å². The molecule has 2 N–H and O–H groups in total. The molecule has 0 atom stereocenters. The highest BCUT2D eigenvalue weighted by Crippen LogP contribution is 2.27. The fourth-order valence-corrected chi connectivity index (χ4v) is 3.21. The molecule has 162 valence electrons. The zero-order valence-electron chi connectivity index (χ0n) is 18.0. The van der Waals surface area contributed by atoms with Crippen LogP contribution in [-0.4, -0.2) is 35.8 Å². The minimum atomic E-state index is -0.310. The molecule has 0 aliphatic rings. The predicted molar refractivity (Wildman–Crippen MR) is 125 cm³/mol. The van der Waals surface area contributed by atoms with Crippen LogP contribution in [0, 0.1) is 0 Å². The summed E-state index contributed by atoms with van der Waals surface area (Å²) in [6, 6.07) is 20.6. The first-order valence-electron chi connectivity index (χ1n) is 10.4. The van der Waals surface area contributed by atoms with Gasteiger partial charge in [-0.1, -0.05) is 37.3 Å². The van der Waals surface area contributed by atoms with Crippen molar-refractivity contribution in [2.24, 2.45) is 5.10 Å². The molecule has 1 heterocycles. The lowest BCUT2D eigenvalue weighted by Gasteiger charge is -2.10. The van der Waals surface area contributed by atoms with Crippen molar-refractivity contribution in [2.75, 3.05) is 13.7 Å². The van der Waals surface area contributed by atoms with E-state index < -0.39 is 0 Å². The molecule has 0 aliphatic heterocycles. The van der Waals surface area contributed by atoms with E-state index in [1.165, 1.54) is 0 Å². The number of rotatable bonds is 8. The second-order valence-corrected chi connectivity index (χ2v) is 7.14. The Morgan fingerprint density at radius 1 is 1.09 bits per heavy atom. The maximum atomic E-state index is 12.6. The summed E-state index contributed by atoms with van der Waals surface area (Å²) in [4.78, 5) is 20.4. The molecular weight excluding hydrogens is 404 g/mol. The SMILES string of the molecule is CCCOc1cc(/C=N/NC(=O)c2ccc3nc(-c4ccccc4)[nH]c3c2)ccc1OC. The number of imidazole rings is 1. The third kappa shape index (κ3) is 4.78. The zero-order chi connectivity index (χ0) is 22.3. The molecular formula is C25H24N4O3. The molecule has 0 saturated carbocycles. The number of ether oxygens (including phenoxy) is 2. The smallest absolute Gasteiger partial charge is 0.271 e. The van der Waals surface area contributed by atoms with Crippen LogP contribution in [0.1, 0.15) is 29.3 Å². The first-order valence-corrected chi connectivity index (χ1v) is 10.4. The summed E-state index contributed by atoms with van der Waals surface area (Å²) in [5.74, 6) is 1.75. The van der Waals surface area contributed by atoms with Gasteiger partial charge < -0.3 is 14.5 Å². The number of hydrogen-bond acceptors (Lipinski definition) is 5. The quantitative estimate of drug-likeness (QED) is 0.312. The van der Waals surface area contributed by atoms with Crippen LogP contribution in [0.2, 0.25) is 0 Å².